The Morgan fingerprint density at radius 1 is 1.06 bits per heavy atom. The monoisotopic (exact) mass is 215 g/mol. The SMILES string of the molecule is Fc1cnc(-c2cnn3ccncc23)nc1. The first-order valence-corrected chi connectivity index (χ1v) is 4.60. The van der Waals surface area contributed by atoms with Crippen LogP contribution in [0.2, 0.25) is 0 Å². The summed E-state index contributed by atoms with van der Waals surface area (Å²) in [6.07, 6.45) is 8.90. The third-order valence-electron chi connectivity index (χ3n) is 2.19. The van der Waals surface area contributed by atoms with Crippen LogP contribution in [0.1, 0.15) is 0 Å². The Hall–Kier alpha value is -2.37. The lowest BCUT2D eigenvalue weighted by Gasteiger charge is -1.96. The summed E-state index contributed by atoms with van der Waals surface area (Å²) in [6, 6.07) is 0. The summed E-state index contributed by atoms with van der Waals surface area (Å²) in [5, 5.41) is 4.12. The maximum absolute atomic E-state index is 12.7. The van der Waals surface area contributed by atoms with Crippen LogP contribution in [0.25, 0.3) is 16.9 Å². The fourth-order valence-electron chi connectivity index (χ4n) is 1.46. The lowest BCUT2D eigenvalue weighted by molar-refractivity contribution is 0.614. The van der Waals surface area contributed by atoms with Crippen molar-refractivity contribution in [2.45, 2.75) is 0 Å². The molecule has 0 spiro atoms. The van der Waals surface area contributed by atoms with Gasteiger partial charge >= 0.3 is 0 Å². The van der Waals surface area contributed by atoms with Crippen molar-refractivity contribution in [1.82, 2.24) is 24.6 Å². The smallest absolute Gasteiger partial charge is 0.163 e. The van der Waals surface area contributed by atoms with Gasteiger partial charge in [0.1, 0.15) is 0 Å². The molecule has 0 fully saturated rings. The number of fused-ring (bicyclic) bond motifs is 1. The van der Waals surface area contributed by atoms with E-state index in [1.165, 1.54) is 0 Å². The van der Waals surface area contributed by atoms with Gasteiger partial charge in [-0.3, -0.25) is 4.98 Å². The molecule has 6 heteroatoms. The molecular formula is C10H6FN5. The molecule has 5 nitrogen and oxygen atoms in total. The lowest BCUT2D eigenvalue weighted by Crippen LogP contribution is -1.90. The second kappa shape index (κ2) is 3.34. The van der Waals surface area contributed by atoms with Gasteiger partial charge in [0.25, 0.3) is 0 Å². The normalized spacial score (nSPS) is 10.8. The van der Waals surface area contributed by atoms with Crippen molar-refractivity contribution in [3.05, 3.63) is 43.0 Å². The van der Waals surface area contributed by atoms with E-state index in [9.17, 15) is 4.39 Å². The highest BCUT2D eigenvalue weighted by molar-refractivity contribution is 5.74. The molecule has 3 heterocycles. The summed E-state index contributed by atoms with van der Waals surface area (Å²) in [5.41, 5.74) is 1.52. The van der Waals surface area contributed by atoms with Crippen molar-refractivity contribution in [3.63, 3.8) is 0 Å². The molecule has 3 aromatic heterocycles. The van der Waals surface area contributed by atoms with Gasteiger partial charge in [-0.25, -0.2) is 18.9 Å². The molecule has 0 bridgehead atoms. The average Bonchev–Trinajstić information content (AvgIpc) is 2.74. The fourth-order valence-corrected chi connectivity index (χ4v) is 1.46. The van der Waals surface area contributed by atoms with E-state index in [0.29, 0.717) is 5.82 Å². The first-order valence-electron chi connectivity index (χ1n) is 4.60. The van der Waals surface area contributed by atoms with Crippen LogP contribution in [0.4, 0.5) is 4.39 Å². The van der Waals surface area contributed by atoms with Crippen LogP contribution in [-0.4, -0.2) is 24.6 Å². The summed E-state index contributed by atoms with van der Waals surface area (Å²) < 4.78 is 14.3. The van der Waals surface area contributed by atoms with E-state index in [0.717, 1.165) is 23.5 Å². The quantitative estimate of drug-likeness (QED) is 0.614. The number of nitrogens with zero attached hydrogens (tertiary/aromatic N) is 5. The number of aromatic nitrogens is 5. The standard InChI is InChI=1S/C10H6FN5/c11-7-3-13-10(14-4-7)8-5-15-16-2-1-12-6-9(8)16/h1-6H. The molecule has 0 aliphatic heterocycles. The molecule has 3 aromatic rings. The summed E-state index contributed by atoms with van der Waals surface area (Å²) in [6.45, 7) is 0. The van der Waals surface area contributed by atoms with Crippen molar-refractivity contribution in [3.8, 4) is 11.4 Å². The van der Waals surface area contributed by atoms with Crippen LogP contribution in [-0.2, 0) is 0 Å². The zero-order valence-electron chi connectivity index (χ0n) is 8.08. The molecule has 0 aliphatic rings. The number of rotatable bonds is 1. The Morgan fingerprint density at radius 2 is 1.88 bits per heavy atom. The van der Waals surface area contributed by atoms with Crippen LogP contribution in [0.5, 0.6) is 0 Å². The Balaban J connectivity index is 2.22. The minimum atomic E-state index is -0.460. The predicted octanol–water partition coefficient (Wildman–Crippen LogP) is 1.33. The molecule has 0 radical (unpaired) electrons. The number of hydrogen-bond acceptors (Lipinski definition) is 4. The van der Waals surface area contributed by atoms with E-state index in [2.05, 4.69) is 20.1 Å². The summed E-state index contributed by atoms with van der Waals surface area (Å²) in [4.78, 5) is 11.8. The molecule has 0 N–H and O–H groups in total. The maximum atomic E-state index is 12.7. The maximum Gasteiger partial charge on any atom is 0.163 e. The van der Waals surface area contributed by atoms with Gasteiger partial charge in [0.2, 0.25) is 0 Å². The van der Waals surface area contributed by atoms with Gasteiger partial charge in [0, 0.05) is 12.4 Å². The third kappa shape index (κ3) is 1.31. The van der Waals surface area contributed by atoms with Crippen LogP contribution in [0, 0.1) is 5.82 Å². The minimum absolute atomic E-state index is 0.435. The Bertz CT molecular complexity index is 631. The zero-order chi connectivity index (χ0) is 11.0. The fraction of sp³-hybridized carbons (Fsp3) is 0. The van der Waals surface area contributed by atoms with E-state index in [4.69, 9.17) is 0 Å². The average molecular weight is 215 g/mol. The molecule has 0 saturated heterocycles. The molecule has 0 aromatic carbocycles. The molecule has 0 unspecified atom stereocenters. The van der Waals surface area contributed by atoms with Gasteiger partial charge in [-0.05, 0) is 0 Å². The van der Waals surface area contributed by atoms with Crippen molar-refractivity contribution < 1.29 is 4.39 Å². The largest absolute Gasteiger partial charge is 0.261 e. The third-order valence-corrected chi connectivity index (χ3v) is 2.19. The molecule has 0 amide bonds. The first-order chi connectivity index (χ1) is 7.84. The van der Waals surface area contributed by atoms with Crippen LogP contribution in [0.15, 0.2) is 37.2 Å². The first kappa shape index (κ1) is 8.90. The summed E-state index contributed by atoms with van der Waals surface area (Å²) in [7, 11) is 0. The molecule has 0 atom stereocenters. The second-order valence-corrected chi connectivity index (χ2v) is 3.19. The van der Waals surface area contributed by atoms with Gasteiger partial charge in [0.05, 0.1) is 35.9 Å². The highest BCUT2D eigenvalue weighted by Crippen LogP contribution is 2.19. The van der Waals surface area contributed by atoms with Crippen molar-refractivity contribution >= 4 is 5.52 Å². The van der Waals surface area contributed by atoms with Gasteiger partial charge in [-0.15, -0.1) is 0 Å². The van der Waals surface area contributed by atoms with Crippen LogP contribution < -0.4 is 0 Å². The minimum Gasteiger partial charge on any atom is -0.261 e. The Labute approximate surface area is 89.6 Å². The molecule has 78 valence electrons. The van der Waals surface area contributed by atoms with Crippen molar-refractivity contribution in [2.24, 2.45) is 0 Å². The van der Waals surface area contributed by atoms with Crippen LogP contribution in [0.3, 0.4) is 0 Å². The van der Waals surface area contributed by atoms with Crippen molar-refractivity contribution in [1.29, 1.82) is 0 Å². The van der Waals surface area contributed by atoms with Crippen molar-refractivity contribution in [2.75, 3.05) is 0 Å². The molecule has 16 heavy (non-hydrogen) atoms. The summed E-state index contributed by atoms with van der Waals surface area (Å²) >= 11 is 0. The summed E-state index contributed by atoms with van der Waals surface area (Å²) in [5.74, 6) is -0.0252. The lowest BCUT2D eigenvalue weighted by atomic mass is 10.3. The van der Waals surface area contributed by atoms with E-state index < -0.39 is 5.82 Å². The molecule has 3 rings (SSSR count). The van der Waals surface area contributed by atoms with Gasteiger partial charge in [-0.2, -0.15) is 5.10 Å². The van der Waals surface area contributed by atoms with E-state index in [1.54, 1.807) is 29.3 Å². The van der Waals surface area contributed by atoms with E-state index >= 15 is 0 Å². The molecule has 0 aliphatic carbocycles. The van der Waals surface area contributed by atoms with Gasteiger partial charge < -0.3 is 0 Å². The topological polar surface area (TPSA) is 56.0 Å². The molecule has 0 saturated carbocycles. The van der Waals surface area contributed by atoms with E-state index in [-0.39, 0.29) is 0 Å². The van der Waals surface area contributed by atoms with E-state index in [1.807, 2.05) is 0 Å². The predicted molar refractivity (Wildman–Crippen MR) is 54.0 cm³/mol. The zero-order valence-corrected chi connectivity index (χ0v) is 8.08. The van der Waals surface area contributed by atoms with Gasteiger partial charge in [-0.1, -0.05) is 0 Å². The second-order valence-electron chi connectivity index (χ2n) is 3.19. The van der Waals surface area contributed by atoms with Gasteiger partial charge in [0.15, 0.2) is 11.6 Å². The Kier molecular flexibility index (Phi) is 1.86. The Morgan fingerprint density at radius 3 is 2.69 bits per heavy atom. The van der Waals surface area contributed by atoms with Crippen LogP contribution >= 0.6 is 0 Å². The highest BCUT2D eigenvalue weighted by Gasteiger charge is 2.08. The number of hydrogen-bond donors (Lipinski definition) is 0. The number of halogens is 1. The molecular weight excluding hydrogens is 209 g/mol. The highest BCUT2D eigenvalue weighted by atomic mass is 19.1.